The lowest BCUT2D eigenvalue weighted by molar-refractivity contribution is -0.154. The lowest BCUT2D eigenvalue weighted by Gasteiger charge is -2.33. The molecule has 2 aromatic rings. The summed E-state index contributed by atoms with van der Waals surface area (Å²) in [7, 11) is 1.25. The highest BCUT2D eigenvalue weighted by atomic mass is 35.5. The molecule has 178 valence electrons. The summed E-state index contributed by atoms with van der Waals surface area (Å²) in [5.74, 6) is -5.82. The van der Waals surface area contributed by atoms with Gasteiger partial charge < -0.3 is 14.9 Å². The van der Waals surface area contributed by atoms with Crippen molar-refractivity contribution < 1.29 is 34.1 Å². The van der Waals surface area contributed by atoms with Gasteiger partial charge in [0.1, 0.15) is 0 Å². The van der Waals surface area contributed by atoms with Crippen LogP contribution >= 0.6 is 11.6 Å². The number of carboxylic acid groups (broad SMARTS) is 1. The van der Waals surface area contributed by atoms with E-state index in [0.29, 0.717) is 10.6 Å². The van der Waals surface area contributed by atoms with Crippen LogP contribution in [0.25, 0.3) is 0 Å². The summed E-state index contributed by atoms with van der Waals surface area (Å²) in [4.78, 5) is 52.4. The minimum absolute atomic E-state index is 0.227. The number of hydrogen-bond acceptors (Lipinski definition) is 7. The summed E-state index contributed by atoms with van der Waals surface area (Å²) >= 11 is 6.21. The molecule has 0 spiro atoms. The van der Waals surface area contributed by atoms with Crippen LogP contribution in [0.1, 0.15) is 34.5 Å². The van der Waals surface area contributed by atoms with Crippen LogP contribution in [0.5, 0.6) is 0 Å². The molecule has 2 aliphatic rings. The van der Waals surface area contributed by atoms with Gasteiger partial charge in [0, 0.05) is 11.1 Å². The van der Waals surface area contributed by atoms with Crippen molar-refractivity contribution in [2.45, 2.75) is 31.5 Å². The third-order valence-corrected chi connectivity index (χ3v) is 7.12. The minimum atomic E-state index is -2.10. The van der Waals surface area contributed by atoms with Gasteiger partial charge >= 0.3 is 11.9 Å². The van der Waals surface area contributed by atoms with E-state index in [1.807, 2.05) is 0 Å². The molecule has 4 rings (SSSR count). The number of halogens is 1. The van der Waals surface area contributed by atoms with Crippen molar-refractivity contribution in [1.29, 1.82) is 0 Å². The van der Waals surface area contributed by atoms with Crippen molar-refractivity contribution in [2.24, 2.45) is 11.8 Å². The lowest BCUT2D eigenvalue weighted by atomic mass is 9.76. The van der Waals surface area contributed by atoms with Crippen molar-refractivity contribution >= 4 is 41.0 Å². The fourth-order valence-electron chi connectivity index (χ4n) is 4.91. The number of carbonyl (C=O) groups excluding carboxylic acids is 3. The number of rotatable bonds is 5. The average molecular weight is 487 g/mol. The van der Waals surface area contributed by atoms with Crippen LogP contribution in [0.15, 0.2) is 42.5 Å². The number of aliphatic hydroxyl groups excluding tert-OH is 1. The second kappa shape index (κ2) is 8.50. The number of nitrogens with one attached hydrogen (secondary N) is 1. The Morgan fingerprint density at radius 1 is 1.15 bits per heavy atom. The number of amides is 2. The molecule has 2 saturated heterocycles. The molecule has 0 aromatic heterocycles. The van der Waals surface area contributed by atoms with Crippen LogP contribution in [-0.2, 0) is 19.1 Å². The van der Waals surface area contributed by atoms with Crippen LogP contribution in [0.2, 0.25) is 5.02 Å². The number of fused-ring (bicyclic) bond motifs is 1. The van der Waals surface area contributed by atoms with Crippen LogP contribution in [0, 0.1) is 18.8 Å². The third kappa shape index (κ3) is 3.39. The van der Waals surface area contributed by atoms with Crippen molar-refractivity contribution in [3.05, 3.63) is 64.2 Å². The number of imide groups is 1. The summed E-state index contributed by atoms with van der Waals surface area (Å²) in [6.45, 7) is 3.04. The molecule has 34 heavy (non-hydrogen) atoms. The van der Waals surface area contributed by atoms with Crippen LogP contribution < -0.4 is 10.2 Å². The number of aliphatic carboxylic acids is 1. The van der Waals surface area contributed by atoms with Gasteiger partial charge in [-0.2, -0.15) is 0 Å². The van der Waals surface area contributed by atoms with Gasteiger partial charge in [0.15, 0.2) is 5.54 Å². The number of carbonyl (C=O) groups is 4. The van der Waals surface area contributed by atoms with E-state index in [-0.39, 0.29) is 11.3 Å². The Balaban J connectivity index is 1.84. The molecule has 0 aliphatic carbocycles. The molecule has 9 nitrogen and oxygen atoms in total. The Morgan fingerprint density at radius 3 is 2.32 bits per heavy atom. The number of anilines is 1. The Morgan fingerprint density at radius 2 is 1.79 bits per heavy atom. The van der Waals surface area contributed by atoms with E-state index in [1.165, 1.54) is 32.2 Å². The van der Waals surface area contributed by atoms with Crippen molar-refractivity contribution in [3.63, 3.8) is 0 Å². The van der Waals surface area contributed by atoms with E-state index >= 15 is 0 Å². The number of nitrogens with zero attached hydrogens (tertiary/aromatic N) is 1. The Hall–Kier alpha value is -3.27. The van der Waals surface area contributed by atoms with E-state index in [0.717, 1.165) is 10.5 Å². The molecule has 2 fully saturated rings. The predicted molar refractivity (Wildman–Crippen MR) is 121 cm³/mol. The summed E-state index contributed by atoms with van der Waals surface area (Å²) < 4.78 is 4.70. The van der Waals surface area contributed by atoms with E-state index in [9.17, 15) is 29.4 Å². The normalized spacial score (nSPS) is 27.0. The molecular formula is C24H23ClN2O7. The second-order valence-electron chi connectivity index (χ2n) is 8.53. The minimum Gasteiger partial charge on any atom is -0.480 e. The van der Waals surface area contributed by atoms with Gasteiger partial charge in [-0.15, -0.1) is 0 Å². The first-order chi connectivity index (χ1) is 16.0. The molecular weight excluding hydrogens is 464 g/mol. The first-order valence-electron chi connectivity index (χ1n) is 10.6. The molecule has 3 N–H and O–H groups in total. The summed E-state index contributed by atoms with van der Waals surface area (Å²) in [6.07, 6.45) is -1.50. The van der Waals surface area contributed by atoms with Gasteiger partial charge in [0.25, 0.3) is 0 Å². The highest BCUT2D eigenvalue weighted by Crippen LogP contribution is 2.51. The van der Waals surface area contributed by atoms with Crippen molar-refractivity contribution in [3.8, 4) is 0 Å². The monoisotopic (exact) mass is 486 g/mol. The zero-order chi connectivity index (χ0) is 24.9. The zero-order valence-electron chi connectivity index (χ0n) is 18.6. The van der Waals surface area contributed by atoms with Gasteiger partial charge in [-0.3, -0.25) is 19.7 Å². The van der Waals surface area contributed by atoms with Crippen LogP contribution in [0.3, 0.4) is 0 Å². The molecule has 2 aliphatic heterocycles. The fraction of sp³-hybridized carbons (Fsp3) is 0.333. The zero-order valence-corrected chi connectivity index (χ0v) is 19.4. The largest absolute Gasteiger partial charge is 0.480 e. The number of esters is 1. The third-order valence-electron chi connectivity index (χ3n) is 6.71. The summed E-state index contributed by atoms with van der Waals surface area (Å²) in [5, 5.41) is 23.9. The number of benzene rings is 2. The number of methoxy groups -OCH3 is 1. The summed E-state index contributed by atoms with van der Waals surface area (Å²) in [6, 6.07) is 9.88. The smallest absolute Gasteiger partial charge is 0.337 e. The van der Waals surface area contributed by atoms with Crippen LogP contribution in [0.4, 0.5) is 5.69 Å². The molecule has 5 atom stereocenters. The topological polar surface area (TPSA) is 133 Å². The Bertz CT molecular complexity index is 1200. The molecule has 0 radical (unpaired) electrons. The molecule has 0 saturated carbocycles. The predicted octanol–water partition coefficient (Wildman–Crippen LogP) is 2.09. The first kappa shape index (κ1) is 23.9. The molecule has 2 amide bonds. The van der Waals surface area contributed by atoms with Gasteiger partial charge in [-0.1, -0.05) is 29.8 Å². The quantitative estimate of drug-likeness (QED) is 0.432. The lowest BCUT2D eigenvalue weighted by Crippen LogP contribution is -2.62. The molecule has 5 unspecified atom stereocenters. The Labute approximate surface area is 200 Å². The number of hydrogen-bond donors (Lipinski definition) is 3. The highest BCUT2D eigenvalue weighted by molar-refractivity contribution is 6.32. The molecule has 10 heteroatoms. The number of ether oxygens (including phenoxy) is 1. The summed E-state index contributed by atoms with van der Waals surface area (Å²) in [5.41, 5.74) is -0.378. The number of aliphatic hydroxyl groups is 1. The van der Waals surface area contributed by atoms with Crippen molar-refractivity contribution in [1.82, 2.24) is 5.32 Å². The maximum Gasteiger partial charge on any atom is 0.337 e. The SMILES string of the molecule is COC(=O)c1ccc(C2NC(C(=O)O)(C(C)O)C3C(=O)N(c4ccc(C)c(Cl)c4)C(=O)C23)cc1. The maximum absolute atomic E-state index is 13.6. The second-order valence-corrected chi connectivity index (χ2v) is 8.94. The number of aryl methyl sites for hydroxylation is 1. The van der Waals surface area contributed by atoms with Crippen LogP contribution in [-0.4, -0.2) is 52.7 Å². The highest BCUT2D eigenvalue weighted by Gasteiger charge is 2.70. The molecule has 2 heterocycles. The average Bonchev–Trinajstić information content (AvgIpc) is 3.30. The maximum atomic E-state index is 13.6. The fourth-order valence-corrected chi connectivity index (χ4v) is 5.08. The van der Waals surface area contributed by atoms with Gasteiger partial charge in [0.2, 0.25) is 11.8 Å². The number of carboxylic acids is 1. The van der Waals surface area contributed by atoms with Crippen molar-refractivity contribution in [2.75, 3.05) is 12.0 Å². The van der Waals surface area contributed by atoms with Gasteiger partial charge in [-0.25, -0.2) is 9.69 Å². The molecule has 2 aromatic carbocycles. The first-order valence-corrected chi connectivity index (χ1v) is 10.9. The van der Waals surface area contributed by atoms with E-state index in [2.05, 4.69) is 5.32 Å². The standard InChI is InChI=1S/C24H23ClN2O7/c1-11-4-9-15(10-16(11)25)27-20(29)17-18(21(27)30)24(12(2)28,23(32)33)26-19(17)13-5-7-14(8-6-13)22(31)34-3/h4-10,12,17-19,26,28H,1-3H3,(H,32,33). The van der Waals surface area contributed by atoms with Gasteiger partial charge in [-0.05, 0) is 49.2 Å². The molecule has 0 bridgehead atoms. The Kier molecular flexibility index (Phi) is 5.97. The van der Waals surface area contributed by atoms with E-state index in [4.69, 9.17) is 16.3 Å². The van der Waals surface area contributed by atoms with Gasteiger partial charge in [0.05, 0.1) is 36.3 Å². The van der Waals surface area contributed by atoms with E-state index in [1.54, 1.807) is 31.2 Å². The van der Waals surface area contributed by atoms with E-state index < -0.39 is 53.3 Å².